The summed E-state index contributed by atoms with van der Waals surface area (Å²) in [6.07, 6.45) is 0. The molecular formula is C10H12F2N2O4S. The molecule has 0 unspecified atom stereocenters. The average molecular weight is 294 g/mol. The number of nitrogens with two attached hydrogens (primary N) is 1. The van der Waals surface area contributed by atoms with Gasteiger partial charge in [0.05, 0.1) is 4.90 Å². The van der Waals surface area contributed by atoms with Gasteiger partial charge in [-0.15, -0.1) is 0 Å². The van der Waals surface area contributed by atoms with Crippen molar-refractivity contribution in [2.24, 2.45) is 5.14 Å². The van der Waals surface area contributed by atoms with E-state index >= 15 is 0 Å². The maximum absolute atomic E-state index is 13.5. The second-order valence-corrected chi connectivity index (χ2v) is 5.05. The lowest BCUT2D eigenvalue weighted by molar-refractivity contribution is -0.120. The third kappa shape index (κ3) is 4.23. The first-order valence-corrected chi connectivity index (χ1v) is 6.69. The first-order chi connectivity index (χ1) is 8.75. The highest BCUT2D eigenvalue weighted by Crippen LogP contribution is 2.22. The van der Waals surface area contributed by atoms with Crippen LogP contribution in [0.4, 0.5) is 14.5 Å². The number of anilines is 1. The number of halogens is 2. The van der Waals surface area contributed by atoms with Crippen molar-refractivity contribution in [2.45, 2.75) is 11.8 Å². The minimum atomic E-state index is -4.22. The third-order valence-electron chi connectivity index (χ3n) is 2.05. The van der Waals surface area contributed by atoms with Crippen molar-refractivity contribution in [3.05, 3.63) is 23.8 Å². The molecule has 0 fully saturated rings. The molecule has 0 aliphatic heterocycles. The fraction of sp³-hybridized carbons (Fsp3) is 0.300. The van der Waals surface area contributed by atoms with Gasteiger partial charge in [-0.05, 0) is 19.1 Å². The van der Waals surface area contributed by atoms with Crippen LogP contribution in [0.1, 0.15) is 6.92 Å². The lowest BCUT2D eigenvalue weighted by Crippen LogP contribution is -2.20. The number of hydrogen-bond donors (Lipinski definition) is 2. The molecule has 6 nitrogen and oxygen atoms in total. The van der Waals surface area contributed by atoms with E-state index in [2.05, 4.69) is 0 Å². The zero-order valence-corrected chi connectivity index (χ0v) is 10.8. The molecule has 3 N–H and O–H groups in total. The van der Waals surface area contributed by atoms with Gasteiger partial charge in [0.25, 0.3) is 5.91 Å². The molecule has 0 aromatic heterocycles. The Kier molecular flexibility index (Phi) is 4.92. The molecule has 0 aliphatic carbocycles. The topological polar surface area (TPSA) is 98.5 Å². The van der Waals surface area contributed by atoms with Gasteiger partial charge in [0.1, 0.15) is 12.3 Å². The van der Waals surface area contributed by atoms with E-state index < -0.39 is 38.1 Å². The van der Waals surface area contributed by atoms with Crippen LogP contribution in [-0.4, -0.2) is 27.5 Å². The highest BCUT2D eigenvalue weighted by atomic mass is 32.2. The van der Waals surface area contributed by atoms with Gasteiger partial charge >= 0.3 is 0 Å². The molecule has 0 saturated heterocycles. The maximum atomic E-state index is 13.5. The van der Waals surface area contributed by atoms with Gasteiger partial charge in [-0.3, -0.25) is 4.79 Å². The highest BCUT2D eigenvalue weighted by molar-refractivity contribution is 7.89. The number of ether oxygens (including phenoxy) is 1. The quantitative estimate of drug-likeness (QED) is 0.830. The molecular weight excluding hydrogens is 282 g/mol. The summed E-state index contributed by atoms with van der Waals surface area (Å²) in [4.78, 5) is 10.5. The Morgan fingerprint density at radius 2 is 1.89 bits per heavy atom. The average Bonchev–Trinajstić information content (AvgIpc) is 2.29. The van der Waals surface area contributed by atoms with E-state index in [1.807, 2.05) is 5.32 Å². The monoisotopic (exact) mass is 294 g/mol. The molecule has 106 valence electrons. The van der Waals surface area contributed by atoms with Crippen molar-refractivity contribution in [3.8, 4) is 0 Å². The summed E-state index contributed by atoms with van der Waals surface area (Å²) in [6, 6.07) is 1.05. The standard InChI is InChI=1S/C10H12F2N2O4S/c1-2-18-5-9(15)14-10-7(11)3-6(4-8(10)12)19(13,16)17/h3-4H,2,5H2,1H3,(H,14,15)(H2,13,16,17). The zero-order valence-electron chi connectivity index (χ0n) is 9.94. The molecule has 0 radical (unpaired) electrons. The Balaban J connectivity index is 3.01. The Hall–Kier alpha value is -1.58. The van der Waals surface area contributed by atoms with Crippen LogP contribution in [0.2, 0.25) is 0 Å². The van der Waals surface area contributed by atoms with Crippen LogP contribution < -0.4 is 10.5 Å². The van der Waals surface area contributed by atoms with Crippen LogP contribution in [0, 0.1) is 11.6 Å². The largest absolute Gasteiger partial charge is 0.372 e. The second-order valence-electron chi connectivity index (χ2n) is 3.49. The highest BCUT2D eigenvalue weighted by Gasteiger charge is 2.18. The van der Waals surface area contributed by atoms with Gasteiger partial charge in [-0.2, -0.15) is 0 Å². The molecule has 1 rings (SSSR count). The number of rotatable bonds is 5. The molecule has 0 atom stereocenters. The van der Waals surface area contributed by atoms with Gasteiger partial charge in [0.2, 0.25) is 10.0 Å². The van der Waals surface area contributed by atoms with Crippen LogP contribution in [0.25, 0.3) is 0 Å². The van der Waals surface area contributed by atoms with Crippen molar-refractivity contribution in [2.75, 3.05) is 18.5 Å². The van der Waals surface area contributed by atoms with Crippen molar-refractivity contribution < 1.29 is 26.7 Å². The summed E-state index contributed by atoms with van der Waals surface area (Å²) in [5.74, 6) is -3.24. The summed E-state index contributed by atoms with van der Waals surface area (Å²) >= 11 is 0. The second kappa shape index (κ2) is 6.04. The Labute approximate surface area is 108 Å². The van der Waals surface area contributed by atoms with Crippen LogP contribution in [0.3, 0.4) is 0 Å². The van der Waals surface area contributed by atoms with Gasteiger partial charge in [-0.25, -0.2) is 22.3 Å². The minimum Gasteiger partial charge on any atom is -0.372 e. The van der Waals surface area contributed by atoms with E-state index in [-0.39, 0.29) is 13.2 Å². The molecule has 0 saturated carbocycles. The molecule has 0 spiro atoms. The normalized spacial score (nSPS) is 11.4. The molecule has 0 bridgehead atoms. The summed E-state index contributed by atoms with van der Waals surface area (Å²) in [5, 5.41) is 6.69. The van der Waals surface area contributed by atoms with Gasteiger partial charge in [0.15, 0.2) is 11.6 Å². The molecule has 1 amide bonds. The summed E-state index contributed by atoms with van der Waals surface area (Å²) in [7, 11) is -4.22. The van der Waals surface area contributed by atoms with Crippen molar-refractivity contribution in [1.82, 2.24) is 0 Å². The summed E-state index contributed by atoms with van der Waals surface area (Å²) in [6.45, 7) is 1.55. The molecule has 0 heterocycles. The Morgan fingerprint density at radius 3 is 2.32 bits per heavy atom. The molecule has 1 aromatic carbocycles. The fourth-order valence-electron chi connectivity index (χ4n) is 1.20. The zero-order chi connectivity index (χ0) is 14.6. The Bertz CT molecular complexity index is 566. The number of carbonyl (C=O) groups is 1. The molecule has 0 aliphatic rings. The van der Waals surface area contributed by atoms with Crippen LogP contribution in [0.15, 0.2) is 17.0 Å². The number of carbonyl (C=O) groups excluding carboxylic acids is 1. The van der Waals surface area contributed by atoms with E-state index in [1.54, 1.807) is 6.92 Å². The van der Waals surface area contributed by atoms with Crippen LogP contribution in [-0.2, 0) is 19.6 Å². The van der Waals surface area contributed by atoms with E-state index in [4.69, 9.17) is 9.88 Å². The van der Waals surface area contributed by atoms with Crippen LogP contribution >= 0.6 is 0 Å². The minimum absolute atomic E-state index is 0.267. The first kappa shape index (κ1) is 15.5. The summed E-state index contributed by atoms with van der Waals surface area (Å²) < 4.78 is 53.7. The predicted octanol–water partition coefficient (Wildman–Crippen LogP) is 0.587. The van der Waals surface area contributed by atoms with E-state index in [0.29, 0.717) is 12.1 Å². The van der Waals surface area contributed by atoms with Crippen LogP contribution in [0.5, 0.6) is 0 Å². The molecule has 19 heavy (non-hydrogen) atoms. The van der Waals surface area contributed by atoms with Gasteiger partial charge in [0, 0.05) is 6.61 Å². The van der Waals surface area contributed by atoms with Crippen molar-refractivity contribution >= 4 is 21.6 Å². The number of amides is 1. The van der Waals surface area contributed by atoms with Gasteiger partial charge in [-0.1, -0.05) is 0 Å². The predicted molar refractivity (Wildman–Crippen MR) is 62.9 cm³/mol. The van der Waals surface area contributed by atoms with Crippen molar-refractivity contribution in [1.29, 1.82) is 0 Å². The number of benzene rings is 1. The van der Waals surface area contributed by atoms with E-state index in [9.17, 15) is 22.0 Å². The summed E-state index contributed by atoms with van der Waals surface area (Å²) in [5.41, 5.74) is -0.753. The SMILES string of the molecule is CCOCC(=O)Nc1c(F)cc(S(N)(=O)=O)cc1F. The van der Waals surface area contributed by atoms with Gasteiger partial charge < -0.3 is 10.1 Å². The lowest BCUT2D eigenvalue weighted by atomic mass is 10.3. The number of sulfonamides is 1. The third-order valence-corrected chi connectivity index (χ3v) is 2.94. The van der Waals surface area contributed by atoms with E-state index in [0.717, 1.165) is 0 Å². The number of hydrogen-bond acceptors (Lipinski definition) is 4. The number of nitrogens with one attached hydrogen (secondary N) is 1. The maximum Gasteiger partial charge on any atom is 0.250 e. The van der Waals surface area contributed by atoms with E-state index in [1.165, 1.54) is 0 Å². The molecule has 9 heteroatoms. The fourth-order valence-corrected chi connectivity index (χ4v) is 1.74. The van der Waals surface area contributed by atoms with Crippen molar-refractivity contribution in [3.63, 3.8) is 0 Å². The number of primary sulfonamides is 1. The molecule has 1 aromatic rings. The smallest absolute Gasteiger partial charge is 0.250 e. The Morgan fingerprint density at radius 1 is 1.37 bits per heavy atom. The lowest BCUT2D eigenvalue weighted by Gasteiger charge is -2.09. The first-order valence-electron chi connectivity index (χ1n) is 5.15.